The molecule has 0 unspecified atom stereocenters. The molecule has 3 aromatic carbocycles. The summed E-state index contributed by atoms with van der Waals surface area (Å²) in [6, 6.07) is 17.4. The maximum absolute atomic E-state index is 15.2. The molecular weight excluding hydrogens is 967 g/mol. The molecule has 1 saturated carbocycles. The number of rotatable bonds is 22. The summed E-state index contributed by atoms with van der Waals surface area (Å²) in [4.78, 5) is 82.8. The number of ketones is 3. The van der Waals surface area contributed by atoms with E-state index in [4.69, 9.17) is 40.8 Å². The Kier molecular flexibility index (Phi) is 20.3. The third-order valence-corrected chi connectivity index (χ3v) is 14.0. The first-order valence-corrected chi connectivity index (χ1v) is 26.8. The Morgan fingerprint density at radius 3 is 2.16 bits per heavy atom. The van der Waals surface area contributed by atoms with Crippen molar-refractivity contribution in [3.8, 4) is 45.8 Å². The van der Waals surface area contributed by atoms with Crippen LogP contribution in [-0.4, -0.2) is 104 Å². The molecule has 0 saturated heterocycles. The molecule has 1 aliphatic heterocycles. The molecule has 2 heterocycles. The number of amides is 2. The van der Waals surface area contributed by atoms with Crippen LogP contribution in [-0.2, 0) is 35.8 Å². The highest BCUT2D eigenvalue weighted by molar-refractivity contribution is 7.87. The highest BCUT2D eigenvalue weighted by atomic mass is 32.2. The number of nitrogens with two attached hydrogens (primary N) is 3. The van der Waals surface area contributed by atoms with Gasteiger partial charge in [0.15, 0.2) is 23.2 Å². The second-order valence-corrected chi connectivity index (χ2v) is 20.5. The summed E-state index contributed by atoms with van der Waals surface area (Å²) < 4.78 is 44.4. The zero-order valence-corrected chi connectivity index (χ0v) is 43.5. The Morgan fingerprint density at radius 1 is 0.905 bits per heavy atom. The first-order chi connectivity index (χ1) is 35.4. The van der Waals surface area contributed by atoms with Crippen LogP contribution in [0.15, 0.2) is 60.7 Å². The lowest BCUT2D eigenvalue weighted by atomic mass is 9.87. The fourth-order valence-electron chi connectivity index (χ4n) is 9.64. The highest BCUT2D eigenvalue weighted by Crippen LogP contribution is 2.41. The van der Waals surface area contributed by atoms with Crippen LogP contribution in [0.5, 0.6) is 17.2 Å². The summed E-state index contributed by atoms with van der Waals surface area (Å²) in [6.45, 7) is 5.41. The maximum atomic E-state index is 15.2. The molecular formula is C54H69N9O10S. The molecule has 0 radical (unpaired) electrons. The minimum absolute atomic E-state index is 0.00354. The zero-order chi connectivity index (χ0) is 53.5. The number of nitrogens with one attached hydrogen (secondary N) is 2. The molecule has 1 aliphatic carbocycles. The van der Waals surface area contributed by atoms with Gasteiger partial charge in [0.25, 0.3) is 10.2 Å². The number of Topliss-reactive ketones (excluding diaryl/α,β-unsaturated/α-hetero) is 3. The standard InChI is InChI=1S/C54H69N9O10S/c1-33-28-47(66)51(38-17-21-49(72-27-24-57)43(31-38)42-29-36(14-20-48(42)71-26-23-56)30-44(62-53(33)67)45(64)13-8-22-55)63(4)54(68)39(10-9-25-59-74(58,69)70)32-46(65)50-34(2)60-52(61-35(50)3)37-15-18-41(19-16-37)73-40-11-6-5-7-12-40/h14-21,29,31,33,39-40,44,51,59H,5-13,23-28,30,32,56-57H2,1-4H3,(H,62,67)(H2,58,69,70)/t33-,39-,44+,51+/m1/s1. The highest BCUT2D eigenvalue weighted by Gasteiger charge is 2.37. The molecule has 4 bridgehead atoms. The van der Waals surface area contributed by atoms with Gasteiger partial charge in [-0.05, 0) is 118 Å². The van der Waals surface area contributed by atoms with Crippen LogP contribution in [0.25, 0.3) is 22.5 Å². The summed E-state index contributed by atoms with van der Waals surface area (Å²) in [5.74, 6) is -2.71. The summed E-state index contributed by atoms with van der Waals surface area (Å²) in [6.07, 6.45) is 4.98. The largest absolute Gasteiger partial charge is 0.492 e. The fraction of sp³-hybridized carbons (Fsp3) is 0.481. The van der Waals surface area contributed by atoms with Crippen molar-refractivity contribution in [2.75, 3.05) is 39.9 Å². The van der Waals surface area contributed by atoms with Crippen LogP contribution in [0.3, 0.4) is 0 Å². The van der Waals surface area contributed by atoms with Gasteiger partial charge in [-0.15, -0.1) is 0 Å². The predicted molar refractivity (Wildman–Crippen MR) is 278 cm³/mol. The van der Waals surface area contributed by atoms with Crippen molar-refractivity contribution in [1.29, 1.82) is 5.26 Å². The van der Waals surface area contributed by atoms with Crippen LogP contribution >= 0.6 is 0 Å². The topological polar surface area (TPSA) is 302 Å². The van der Waals surface area contributed by atoms with E-state index < -0.39 is 57.5 Å². The summed E-state index contributed by atoms with van der Waals surface area (Å²) >= 11 is 0. The van der Waals surface area contributed by atoms with E-state index in [0.29, 0.717) is 51.0 Å². The number of hydrogen-bond donors (Lipinski definition) is 5. The van der Waals surface area contributed by atoms with E-state index in [2.05, 4.69) is 10.0 Å². The molecule has 8 N–H and O–H groups in total. The van der Waals surface area contributed by atoms with Crippen LogP contribution in [0.4, 0.5) is 0 Å². The molecule has 4 aromatic rings. The van der Waals surface area contributed by atoms with Crippen molar-refractivity contribution in [3.63, 3.8) is 0 Å². The van der Waals surface area contributed by atoms with E-state index in [1.165, 1.54) is 18.4 Å². The molecule has 2 aliphatic rings. The third kappa shape index (κ3) is 15.2. The van der Waals surface area contributed by atoms with Crippen LogP contribution < -0.4 is 40.9 Å². The zero-order valence-electron chi connectivity index (χ0n) is 42.7. The second-order valence-electron chi connectivity index (χ2n) is 19.1. The lowest BCUT2D eigenvalue weighted by Gasteiger charge is -2.32. The number of aryl methyl sites for hydroxylation is 2. The third-order valence-electron chi connectivity index (χ3n) is 13.4. The van der Waals surface area contributed by atoms with Crippen LogP contribution in [0.1, 0.15) is 116 Å². The van der Waals surface area contributed by atoms with Crippen LogP contribution in [0.2, 0.25) is 0 Å². The molecule has 19 nitrogen and oxygen atoms in total. The van der Waals surface area contributed by atoms with Crippen molar-refractivity contribution >= 4 is 39.4 Å². The summed E-state index contributed by atoms with van der Waals surface area (Å²) in [5, 5.41) is 17.3. The van der Waals surface area contributed by atoms with Gasteiger partial charge in [-0.1, -0.05) is 25.5 Å². The van der Waals surface area contributed by atoms with Gasteiger partial charge in [-0.2, -0.15) is 13.7 Å². The second kappa shape index (κ2) is 26.5. The van der Waals surface area contributed by atoms with Crippen molar-refractivity contribution in [1.82, 2.24) is 24.9 Å². The van der Waals surface area contributed by atoms with Crippen molar-refractivity contribution in [2.45, 2.75) is 116 Å². The normalized spacial score (nSPS) is 17.8. The van der Waals surface area contributed by atoms with E-state index in [-0.39, 0.29) is 95.2 Å². The average molecular weight is 1040 g/mol. The minimum atomic E-state index is -4.09. The summed E-state index contributed by atoms with van der Waals surface area (Å²) in [7, 11) is -2.65. The fourth-order valence-corrected chi connectivity index (χ4v) is 10.1. The van der Waals surface area contributed by atoms with Gasteiger partial charge in [0.1, 0.15) is 36.5 Å². The molecule has 20 heteroatoms. The van der Waals surface area contributed by atoms with Gasteiger partial charge in [0.2, 0.25) is 11.8 Å². The van der Waals surface area contributed by atoms with E-state index >= 15 is 4.79 Å². The van der Waals surface area contributed by atoms with E-state index in [9.17, 15) is 32.9 Å². The quantitative estimate of drug-likeness (QED) is 0.0494. The van der Waals surface area contributed by atoms with Gasteiger partial charge >= 0.3 is 0 Å². The molecule has 74 heavy (non-hydrogen) atoms. The van der Waals surface area contributed by atoms with Gasteiger partial charge in [0.05, 0.1) is 35.2 Å². The first-order valence-electron chi connectivity index (χ1n) is 25.3. The number of carbonyl (C=O) groups is 5. The smallest absolute Gasteiger partial charge is 0.274 e. The van der Waals surface area contributed by atoms with Crippen molar-refractivity contribution in [2.24, 2.45) is 28.4 Å². The molecule has 1 aromatic heterocycles. The Hall–Kier alpha value is -6.63. The van der Waals surface area contributed by atoms with Gasteiger partial charge in [-0.3, -0.25) is 24.0 Å². The van der Waals surface area contributed by atoms with E-state index in [1.807, 2.05) is 30.3 Å². The predicted octanol–water partition coefficient (Wildman–Crippen LogP) is 5.29. The number of fused-ring (bicyclic) bond motifs is 5. The number of ether oxygens (including phenoxy) is 3. The van der Waals surface area contributed by atoms with Gasteiger partial charge in [-0.25, -0.2) is 19.8 Å². The van der Waals surface area contributed by atoms with Crippen LogP contribution in [0, 0.1) is 37.0 Å². The number of aromatic nitrogens is 2. The Balaban J connectivity index is 1.38. The van der Waals surface area contributed by atoms with E-state index in [0.717, 1.165) is 37.0 Å². The number of nitrogens with zero attached hydrogens (tertiary/aromatic N) is 4. The molecule has 6 rings (SSSR count). The molecule has 396 valence electrons. The number of carbonyl (C=O) groups excluding carboxylic acids is 5. The van der Waals surface area contributed by atoms with Gasteiger partial charge < -0.3 is 35.9 Å². The Bertz CT molecular complexity index is 2790. The van der Waals surface area contributed by atoms with E-state index in [1.54, 1.807) is 57.2 Å². The first kappa shape index (κ1) is 56.7. The average Bonchev–Trinajstić information content (AvgIpc) is 3.37. The number of nitriles is 1. The Labute approximate surface area is 433 Å². The summed E-state index contributed by atoms with van der Waals surface area (Å²) in [5.41, 5.74) is 15.4. The SMILES string of the molecule is Cc1nc(-c2ccc(OC3CCCCC3)cc2)nc(C)c1C(=O)C[C@@H](CCCNS(N)(=O)=O)C(=O)N(C)[C@@H]1C(=O)C[C@@H](C)C(=O)N[C@H](C(=O)CCC#N)Cc2ccc(OCCN)c(c2)-c2cc1ccc2OCCN. The van der Waals surface area contributed by atoms with Crippen molar-refractivity contribution < 1.29 is 46.6 Å². The molecule has 4 atom stereocenters. The molecule has 2 amide bonds. The minimum Gasteiger partial charge on any atom is -0.492 e. The number of hydrogen-bond acceptors (Lipinski definition) is 15. The van der Waals surface area contributed by atoms with Gasteiger partial charge in [0, 0.05) is 80.9 Å². The lowest BCUT2D eigenvalue weighted by Crippen LogP contribution is -2.45. The molecule has 1 fully saturated rings. The Morgan fingerprint density at radius 2 is 1.54 bits per heavy atom. The number of benzene rings is 3. The molecule has 0 spiro atoms. The number of likely N-dealkylation sites (N-methyl/N-ethyl adjacent to an activating group) is 1. The lowest BCUT2D eigenvalue weighted by molar-refractivity contribution is -0.142. The maximum Gasteiger partial charge on any atom is 0.274 e. The monoisotopic (exact) mass is 1040 g/mol. The van der Waals surface area contributed by atoms with Crippen molar-refractivity contribution in [3.05, 3.63) is 88.7 Å².